The lowest BCUT2D eigenvalue weighted by atomic mass is 9.93. The summed E-state index contributed by atoms with van der Waals surface area (Å²) in [4.78, 5) is 12.2. The van der Waals surface area contributed by atoms with Gasteiger partial charge in [-0.05, 0) is 37.0 Å². The van der Waals surface area contributed by atoms with Crippen LogP contribution < -0.4 is 11.1 Å². The average Bonchev–Trinajstić information content (AvgIpc) is 2.82. The van der Waals surface area contributed by atoms with Gasteiger partial charge in [0.2, 0.25) is 5.91 Å². The fourth-order valence-corrected chi connectivity index (χ4v) is 2.99. The monoisotopic (exact) mass is 284 g/mol. The fraction of sp³-hybridized carbons (Fsp3) is 0.375. The summed E-state index contributed by atoms with van der Waals surface area (Å²) < 4.78 is 1.91. The highest BCUT2D eigenvalue weighted by Gasteiger charge is 2.24. The molecule has 5 nitrogen and oxygen atoms in total. The number of rotatable bonds is 3. The number of aryl methyl sites for hydroxylation is 1. The molecule has 0 fully saturated rings. The Morgan fingerprint density at radius 1 is 1.52 bits per heavy atom. The van der Waals surface area contributed by atoms with Crippen LogP contribution in [-0.2, 0) is 24.7 Å². The van der Waals surface area contributed by atoms with Gasteiger partial charge in [-0.3, -0.25) is 9.48 Å². The lowest BCUT2D eigenvalue weighted by Crippen LogP contribution is -2.32. The van der Waals surface area contributed by atoms with Gasteiger partial charge in [0.1, 0.15) is 0 Å². The van der Waals surface area contributed by atoms with Crippen LogP contribution in [0.1, 0.15) is 35.7 Å². The smallest absolute Gasteiger partial charge is 0.224 e. The van der Waals surface area contributed by atoms with Crippen LogP contribution in [0.4, 0.5) is 5.69 Å². The second-order valence-electron chi connectivity index (χ2n) is 5.60. The Morgan fingerprint density at radius 2 is 2.38 bits per heavy atom. The second-order valence-corrected chi connectivity index (χ2v) is 5.60. The van der Waals surface area contributed by atoms with Gasteiger partial charge < -0.3 is 11.1 Å². The van der Waals surface area contributed by atoms with Gasteiger partial charge in [-0.25, -0.2) is 0 Å². The Morgan fingerprint density at radius 3 is 3.19 bits per heavy atom. The van der Waals surface area contributed by atoms with Crippen molar-refractivity contribution in [3.8, 4) is 0 Å². The maximum absolute atomic E-state index is 12.2. The van der Waals surface area contributed by atoms with Crippen LogP contribution in [0, 0.1) is 0 Å². The summed E-state index contributed by atoms with van der Waals surface area (Å²) in [5.41, 5.74) is 9.76. The minimum Gasteiger partial charge on any atom is -0.399 e. The molecule has 1 unspecified atom stereocenters. The Bertz CT molecular complexity index is 662. The summed E-state index contributed by atoms with van der Waals surface area (Å²) in [6.07, 6.45) is 5.32. The molecule has 1 amide bonds. The zero-order valence-corrected chi connectivity index (χ0v) is 12.2. The van der Waals surface area contributed by atoms with Crippen molar-refractivity contribution in [1.82, 2.24) is 15.1 Å². The van der Waals surface area contributed by atoms with Gasteiger partial charge in [-0.2, -0.15) is 5.10 Å². The van der Waals surface area contributed by atoms with E-state index in [1.807, 2.05) is 42.2 Å². The quantitative estimate of drug-likeness (QED) is 0.843. The number of nitrogens with two attached hydrogens (primary N) is 1. The Balaban J connectivity index is 1.68. The van der Waals surface area contributed by atoms with Gasteiger partial charge in [0.25, 0.3) is 0 Å². The highest BCUT2D eigenvalue weighted by molar-refractivity contribution is 5.79. The van der Waals surface area contributed by atoms with Crippen molar-refractivity contribution in [2.24, 2.45) is 7.05 Å². The topological polar surface area (TPSA) is 72.9 Å². The number of nitrogen functional groups attached to an aromatic ring is 1. The van der Waals surface area contributed by atoms with E-state index in [0.29, 0.717) is 12.1 Å². The number of anilines is 1. The molecule has 1 aromatic heterocycles. The summed E-state index contributed by atoms with van der Waals surface area (Å²) in [7, 11) is 1.95. The van der Waals surface area contributed by atoms with Gasteiger partial charge in [0, 0.05) is 24.0 Å². The molecule has 3 N–H and O–H groups in total. The van der Waals surface area contributed by atoms with E-state index >= 15 is 0 Å². The highest BCUT2D eigenvalue weighted by Crippen LogP contribution is 2.29. The van der Waals surface area contributed by atoms with E-state index in [0.717, 1.165) is 30.4 Å². The number of benzene rings is 1. The van der Waals surface area contributed by atoms with E-state index in [4.69, 9.17) is 5.73 Å². The number of nitrogens with one attached hydrogen (secondary N) is 1. The molecule has 1 heterocycles. The molecule has 1 aliphatic rings. The number of aromatic nitrogens is 2. The minimum atomic E-state index is 0.0299. The number of carbonyl (C=O) groups excluding carboxylic acids is 1. The third-order valence-corrected chi connectivity index (χ3v) is 4.03. The predicted molar refractivity (Wildman–Crippen MR) is 81.6 cm³/mol. The zero-order valence-electron chi connectivity index (χ0n) is 12.2. The van der Waals surface area contributed by atoms with Crippen LogP contribution in [0.2, 0.25) is 0 Å². The lowest BCUT2D eigenvalue weighted by molar-refractivity contribution is -0.121. The first-order valence-corrected chi connectivity index (χ1v) is 7.28. The largest absolute Gasteiger partial charge is 0.399 e. The van der Waals surface area contributed by atoms with Crippen molar-refractivity contribution in [2.45, 2.75) is 31.7 Å². The number of fused-ring (bicyclic) bond motifs is 1. The Hall–Kier alpha value is -2.30. The van der Waals surface area contributed by atoms with Gasteiger partial charge >= 0.3 is 0 Å². The van der Waals surface area contributed by atoms with Crippen LogP contribution in [0.5, 0.6) is 0 Å². The van der Waals surface area contributed by atoms with Crippen LogP contribution >= 0.6 is 0 Å². The van der Waals surface area contributed by atoms with Crippen molar-refractivity contribution in [3.05, 3.63) is 47.3 Å². The van der Waals surface area contributed by atoms with E-state index in [1.54, 1.807) is 0 Å². The van der Waals surface area contributed by atoms with Crippen LogP contribution in [-0.4, -0.2) is 15.7 Å². The molecule has 1 aliphatic carbocycles. The Labute approximate surface area is 124 Å². The van der Waals surface area contributed by atoms with Gasteiger partial charge in [0.15, 0.2) is 0 Å². The highest BCUT2D eigenvalue weighted by atomic mass is 16.1. The van der Waals surface area contributed by atoms with Gasteiger partial charge in [-0.15, -0.1) is 0 Å². The maximum Gasteiger partial charge on any atom is 0.224 e. The van der Waals surface area contributed by atoms with Crippen LogP contribution in [0.15, 0.2) is 30.5 Å². The van der Waals surface area contributed by atoms with Crippen molar-refractivity contribution in [1.29, 1.82) is 0 Å². The number of hydrogen-bond donors (Lipinski definition) is 2. The molecule has 0 saturated carbocycles. The van der Waals surface area contributed by atoms with Crippen molar-refractivity contribution in [3.63, 3.8) is 0 Å². The standard InChI is InChI=1S/C16H20N4O/c1-20-15-7-3-6-14(13(15)10-18-20)19-16(21)9-11-4-2-5-12(17)8-11/h2,4-5,8,10,14H,3,6-7,9,17H2,1H3,(H,19,21). The third kappa shape index (κ3) is 2.91. The molecular weight excluding hydrogens is 264 g/mol. The molecule has 0 radical (unpaired) electrons. The maximum atomic E-state index is 12.2. The predicted octanol–water partition coefficient (Wildman–Crippen LogP) is 1.74. The van der Waals surface area contributed by atoms with Crippen molar-refractivity contribution >= 4 is 11.6 Å². The second kappa shape index (κ2) is 5.60. The first-order chi connectivity index (χ1) is 10.1. The molecule has 2 aromatic rings. The molecule has 5 heteroatoms. The summed E-state index contributed by atoms with van der Waals surface area (Å²) in [6, 6.07) is 7.54. The molecule has 21 heavy (non-hydrogen) atoms. The summed E-state index contributed by atoms with van der Waals surface area (Å²) >= 11 is 0. The molecule has 1 aromatic carbocycles. The number of hydrogen-bond acceptors (Lipinski definition) is 3. The summed E-state index contributed by atoms with van der Waals surface area (Å²) in [6.45, 7) is 0. The Kier molecular flexibility index (Phi) is 3.64. The molecule has 110 valence electrons. The average molecular weight is 284 g/mol. The van der Waals surface area contributed by atoms with Crippen LogP contribution in [0.25, 0.3) is 0 Å². The van der Waals surface area contributed by atoms with Gasteiger partial charge in [0.05, 0.1) is 18.7 Å². The SMILES string of the molecule is Cn1ncc2c1CCCC2NC(=O)Cc1cccc(N)c1. The first kappa shape index (κ1) is 13.7. The third-order valence-electron chi connectivity index (χ3n) is 4.03. The zero-order chi connectivity index (χ0) is 14.8. The van der Waals surface area contributed by atoms with E-state index in [-0.39, 0.29) is 11.9 Å². The first-order valence-electron chi connectivity index (χ1n) is 7.28. The molecule has 0 bridgehead atoms. The van der Waals surface area contributed by atoms with E-state index in [2.05, 4.69) is 10.4 Å². The lowest BCUT2D eigenvalue weighted by Gasteiger charge is -2.23. The number of nitrogens with zero attached hydrogens (tertiary/aromatic N) is 2. The molecule has 0 saturated heterocycles. The van der Waals surface area contributed by atoms with Crippen molar-refractivity contribution in [2.75, 3.05) is 5.73 Å². The minimum absolute atomic E-state index is 0.0299. The van der Waals surface area contributed by atoms with Crippen LogP contribution in [0.3, 0.4) is 0 Å². The van der Waals surface area contributed by atoms with Gasteiger partial charge in [-0.1, -0.05) is 12.1 Å². The van der Waals surface area contributed by atoms with E-state index in [1.165, 1.54) is 5.69 Å². The van der Waals surface area contributed by atoms with E-state index in [9.17, 15) is 4.79 Å². The normalized spacial score (nSPS) is 17.3. The molecule has 0 aliphatic heterocycles. The fourth-order valence-electron chi connectivity index (χ4n) is 2.99. The van der Waals surface area contributed by atoms with E-state index < -0.39 is 0 Å². The van der Waals surface area contributed by atoms with Crippen molar-refractivity contribution < 1.29 is 4.79 Å². The number of amides is 1. The number of carbonyl (C=O) groups is 1. The molecule has 1 atom stereocenters. The molecule has 3 rings (SSSR count). The summed E-state index contributed by atoms with van der Waals surface area (Å²) in [5.74, 6) is 0.0299. The summed E-state index contributed by atoms with van der Waals surface area (Å²) in [5, 5.41) is 7.42. The molecular formula is C16H20N4O. The molecule has 0 spiro atoms.